The van der Waals surface area contributed by atoms with Crippen molar-refractivity contribution in [2.75, 3.05) is 36.5 Å². The van der Waals surface area contributed by atoms with Crippen LogP contribution >= 0.6 is 23.1 Å². The summed E-state index contributed by atoms with van der Waals surface area (Å²) in [6, 6.07) is 2.34. The molecule has 0 aromatic carbocycles. The summed E-state index contributed by atoms with van der Waals surface area (Å²) in [5, 5.41) is 22.8. The molecule has 1 fully saturated rings. The zero-order valence-corrected chi connectivity index (χ0v) is 21.2. The Morgan fingerprint density at radius 1 is 1.21 bits per heavy atom. The number of rotatable bonds is 7. The molecular weight excluding hydrogens is 456 g/mol. The zero-order chi connectivity index (χ0) is 23.4. The summed E-state index contributed by atoms with van der Waals surface area (Å²) in [7, 11) is 0. The fraction of sp³-hybridized carbons (Fsp3) is 0.652. The third kappa shape index (κ3) is 5.53. The number of amides is 1. The quantitative estimate of drug-likeness (QED) is 0.463. The van der Waals surface area contributed by atoms with E-state index < -0.39 is 0 Å². The number of thiophene rings is 1. The van der Waals surface area contributed by atoms with Crippen molar-refractivity contribution in [2.45, 2.75) is 69.8 Å². The predicted octanol–water partition coefficient (Wildman–Crippen LogP) is 4.09. The lowest BCUT2D eigenvalue weighted by atomic mass is 10.1. The molecule has 178 valence electrons. The fourth-order valence-corrected chi connectivity index (χ4v) is 6.36. The Morgan fingerprint density at radius 3 is 2.70 bits per heavy atom. The molecule has 33 heavy (non-hydrogen) atoms. The molecule has 2 aromatic rings. The number of carbonyl (C=O) groups is 1. The van der Waals surface area contributed by atoms with Gasteiger partial charge < -0.3 is 15.0 Å². The Bertz CT molecular complexity index is 1020. The minimum Gasteiger partial charge on any atom is -0.378 e. The largest absolute Gasteiger partial charge is 0.378 e. The first-order valence-corrected chi connectivity index (χ1v) is 13.5. The first-order chi connectivity index (χ1) is 16.0. The van der Waals surface area contributed by atoms with Crippen LogP contribution in [0.2, 0.25) is 0 Å². The van der Waals surface area contributed by atoms with E-state index in [0.717, 1.165) is 62.0 Å². The highest BCUT2D eigenvalue weighted by Gasteiger charge is 2.26. The highest BCUT2D eigenvalue weighted by molar-refractivity contribution is 8.00. The standard InChI is InChI=1S/C23H32N6O2S2/c1-15(2)14-29-22(28-9-11-31-12-10-28)26-27-23(29)32-16(3)20(30)25-21-18(13-24)17-7-5-4-6-8-19(17)33-21/h15-16H,4-12,14H2,1-3H3,(H,25,30)/t16-/m0/s1. The minimum absolute atomic E-state index is 0.111. The van der Waals surface area contributed by atoms with Crippen LogP contribution in [0.4, 0.5) is 10.9 Å². The predicted molar refractivity (Wildman–Crippen MR) is 132 cm³/mol. The van der Waals surface area contributed by atoms with Gasteiger partial charge in [0.15, 0.2) is 5.16 Å². The second-order valence-corrected chi connectivity index (χ2v) is 11.4. The molecule has 1 aliphatic carbocycles. The van der Waals surface area contributed by atoms with Crippen molar-refractivity contribution in [3.63, 3.8) is 0 Å². The van der Waals surface area contributed by atoms with E-state index in [2.05, 4.69) is 44.9 Å². The van der Waals surface area contributed by atoms with Crippen molar-refractivity contribution in [2.24, 2.45) is 5.92 Å². The number of aromatic nitrogens is 3. The molecule has 1 aliphatic heterocycles. The van der Waals surface area contributed by atoms with Gasteiger partial charge in [0.1, 0.15) is 11.1 Å². The van der Waals surface area contributed by atoms with Crippen LogP contribution in [0, 0.1) is 17.2 Å². The topological polar surface area (TPSA) is 96.1 Å². The van der Waals surface area contributed by atoms with Crippen molar-refractivity contribution in [1.29, 1.82) is 5.26 Å². The molecule has 3 heterocycles. The molecule has 0 unspecified atom stereocenters. The molecule has 0 bridgehead atoms. The maximum absolute atomic E-state index is 13.1. The Hall–Kier alpha value is -2.09. The van der Waals surface area contributed by atoms with Gasteiger partial charge in [-0.2, -0.15) is 5.26 Å². The molecule has 8 nitrogen and oxygen atoms in total. The molecule has 1 N–H and O–H groups in total. The highest BCUT2D eigenvalue weighted by atomic mass is 32.2. The van der Waals surface area contributed by atoms with E-state index in [4.69, 9.17) is 4.74 Å². The normalized spacial score (nSPS) is 17.4. The molecule has 4 rings (SSSR count). The smallest absolute Gasteiger partial charge is 0.238 e. The Morgan fingerprint density at radius 2 is 1.97 bits per heavy atom. The summed E-state index contributed by atoms with van der Waals surface area (Å²) in [5.41, 5.74) is 1.79. The molecule has 1 saturated heterocycles. The van der Waals surface area contributed by atoms with Crippen LogP contribution in [0.15, 0.2) is 5.16 Å². The molecule has 0 spiro atoms. The van der Waals surface area contributed by atoms with Crippen LogP contribution in [0.3, 0.4) is 0 Å². The van der Waals surface area contributed by atoms with Crippen molar-refractivity contribution in [3.05, 3.63) is 16.0 Å². The second kappa shape index (κ2) is 10.9. The lowest BCUT2D eigenvalue weighted by Crippen LogP contribution is -2.38. The van der Waals surface area contributed by atoms with Crippen molar-refractivity contribution < 1.29 is 9.53 Å². The fourth-order valence-electron chi connectivity index (χ4n) is 4.26. The van der Waals surface area contributed by atoms with Crippen LogP contribution in [0.25, 0.3) is 0 Å². The molecule has 2 aromatic heterocycles. The third-order valence-corrected chi connectivity index (χ3v) is 8.25. The number of nitriles is 1. The molecular formula is C23H32N6O2S2. The van der Waals surface area contributed by atoms with Gasteiger partial charge in [-0.25, -0.2) is 0 Å². The van der Waals surface area contributed by atoms with E-state index in [1.54, 1.807) is 11.3 Å². The number of nitrogens with zero attached hydrogens (tertiary/aromatic N) is 5. The number of anilines is 2. The summed E-state index contributed by atoms with van der Waals surface area (Å²) < 4.78 is 7.60. The highest BCUT2D eigenvalue weighted by Crippen LogP contribution is 2.37. The number of thioether (sulfide) groups is 1. The van der Waals surface area contributed by atoms with Crippen molar-refractivity contribution in [3.8, 4) is 6.07 Å². The Labute approximate surface area is 203 Å². The second-order valence-electron chi connectivity index (χ2n) is 9.02. The molecule has 1 atom stereocenters. The molecule has 0 saturated carbocycles. The maximum atomic E-state index is 13.1. The van der Waals surface area contributed by atoms with E-state index in [0.29, 0.717) is 29.7 Å². The number of fused-ring (bicyclic) bond motifs is 1. The monoisotopic (exact) mass is 488 g/mol. The van der Waals surface area contributed by atoms with Gasteiger partial charge in [-0.05, 0) is 44.1 Å². The zero-order valence-electron chi connectivity index (χ0n) is 19.6. The molecule has 10 heteroatoms. The number of carbonyl (C=O) groups excluding carboxylic acids is 1. The third-order valence-electron chi connectivity index (χ3n) is 5.96. The average molecular weight is 489 g/mol. The molecule has 2 aliphatic rings. The summed E-state index contributed by atoms with van der Waals surface area (Å²) in [5.74, 6) is 1.15. The lowest BCUT2D eigenvalue weighted by Gasteiger charge is -2.28. The van der Waals surface area contributed by atoms with Crippen LogP contribution in [-0.4, -0.2) is 52.2 Å². The number of ether oxygens (including phenoxy) is 1. The SMILES string of the molecule is CC(C)Cn1c(S[C@@H](C)C(=O)Nc2sc3c(c2C#N)CCCCC3)nnc1N1CCOCC1. The van der Waals surface area contributed by atoms with Gasteiger partial charge in [0.25, 0.3) is 0 Å². The molecule has 0 radical (unpaired) electrons. The van der Waals surface area contributed by atoms with Gasteiger partial charge in [0.2, 0.25) is 11.9 Å². The number of hydrogen-bond donors (Lipinski definition) is 1. The van der Waals surface area contributed by atoms with Gasteiger partial charge in [-0.1, -0.05) is 32.0 Å². The minimum atomic E-state index is -0.369. The first kappa shape index (κ1) is 24.0. The summed E-state index contributed by atoms with van der Waals surface area (Å²) in [4.78, 5) is 16.5. The first-order valence-electron chi connectivity index (χ1n) is 11.8. The van der Waals surface area contributed by atoms with Crippen LogP contribution in [-0.2, 0) is 28.9 Å². The lowest BCUT2D eigenvalue weighted by molar-refractivity contribution is -0.115. The number of hydrogen-bond acceptors (Lipinski definition) is 8. The van der Waals surface area contributed by atoms with Gasteiger partial charge in [0.05, 0.1) is 24.0 Å². The molecule has 1 amide bonds. The number of morpholine rings is 1. The van der Waals surface area contributed by atoms with E-state index in [9.17, 15) is 10.1 Å². The van der Waals surface area contributed by atoms with Crippen LogP contribution in [0.5, 0.6) is 0 Å². The number of aryl methyl sites for hydroxylation is 1. The van der Waals surface area contributed by atoms with Crippen molar-refractivity contribution >= 4 is 40.0 Å². The van der Waals surface area contributed by atoms with Gasteiger partial charge >= 0.3 is 0 Å². The van der Waals surface area contributed by atoms with Crippen LogP contribution in [0.1, 0.15) is 56.0 Å². The summed E-state index contributed by atoms with van der Waals surface area (Å²) in [6.45, 7) is 9.94. The van der Waals surface area contributed by atoms with Gasteiger partial charge in [-0.3, -0.25) is 9.36 Å². The van der Waals surface area contributed by atoms with Crippen LogP contribution < -0.4 is 10.2 Å². The van der Waals surface area contributed by atoms with E-state index in [-0.39, 0.29) is 11.2 Å². The van der Waals surface area contributed by atoms with E-state index >= 15 is 0 Å². The van der Waals surface area contributed by atoms with Gasteiger partial charge in [0, 0.05) is 24.5 Å². The number of nitrogens with one attached hydrogen (secondary N) is 1. The van der Waals surface area contributed by atoms with Crippen molar-refractivity contribution in [1.82, 2.24) is 14.8 Å². The summed E-state index contributed by atoms with van der Waals surface area (Å²) in [6.07, 6.45) is 5.38. The Balaban J connectivity index is 1.49. The van der Waals surface area contributed by atoms with E-state index in [1.807, 2.05) is 6.92 Å². The average Bonchev–Trinajstić information content (AvgIpc) is 3.25. The Kier molecular flexibility index (Phi) is 7.94. The van der Waals surface area contributed by atoms with Gasteiger partial charge in [-0.15, -0.1) is 21.5 Å². The summed E-state index contributed by atoms with van der Waals surface area (Å²) >= 11 is 2.99. The maximum Gasteiger partial charge on any atom is 0.238 e. The van der Waals surface area contributed by atoms with E-state index in [1.165, 1.54) is 23.1 Å².